The summed E-state index contributed by atoms with van der Waals surface area (Å²) in [7, 11) is 0. The maximum atomic E-state index is 10.5. The smallest absolute Gasteiger partial charge is 0.363 e. The molecule has 6 heteroatoms. The molecule has 1 aliphatic rings. The third kappa shape index (κ3) is 2.59. The Kier molecular flexibility index (Phi) is 3.47. The van der Waals surface area contributed by atoms with Gasteiger partial charge in [-0.3, -0.25) is 0 Å². The summed E-state index contributed by atoms with van der Waals surface area (Å²) in [5.74, 6) is -0.129. The molecule has 1 fully saturated rings. The second-order valence-electron chi connectivity index (χ2n) is 5.09. The maximum absolute atomic E-state index is 10.5. The third-order valence-electron chi connectivity index (χ3n) is 3.64. The first kappa shape index (κ1) is 12.8. The number of aromatic nitrogens is 1. The lowest BCUT2D eigenvalue weighted by Gasteiger charge is -2.38. The van der Waals surface area contributed by atoms with Crippen molar-refractivity contribution in [2.75, 3.05) is 24.6 Å². The first-order chi connectivity index (χ1) is 8.54. The van der Waals surface area contributed by atoms with Crippen molar-refractivity contribution in [3.63, 3.8) is 0 Å². The Morgan fingerprint density at radius 3 is 2.61 bits per heavy atom. The van der Waals surface area contributed by atoms with Gasteiger partial charge in [-0.1, -0.05) is 6.92 Å². The predicted octanol–water partition coefficient (Wildman–Crippen LogP) is 1.59. The van der Waals surface area contributed by atoms with Crippen molar-refractivity contribution in [1.82, 2.24) is 4.98 Å². The minimum Gasteiger partial charge on any atom is -0.396 e. The van der Waals surface area contributed by atoms with Crippen LogP contribution in [0.25, 0.3) is 0 Å². The molecule has 0 unspecified atom stereocenters. The molecular weight excluding hydrogens is 234 g/mol. The molecule has 98 valence electrons. The number of rotatable bonds is 3. The molecule has 0 aliphatic carbocycles. The second-order valence-corrected chi connectivity index (χ2v) is 5.09. The van der Waals surface area contributed by atoms with Crippen LogP contribution in [0.5, 0.6) is 0 Å². The summed E-state index contributed by atoms with van der Waals surface area (Å²) in [6.07, 6.45) is 3.38. The van der Waals surface area contributed by atoms with Crippen LogP contribution in [-0.2, 0) is 0 Å². The van der Waals surface area contributed by atoms with Gasteiger partial charge in [0.05, 0.1) is 5.69 Å². The predicted molar refractivity (Wildman–Crippen MR) is 67.5 cm³/mol. The van der Waals surface area contributed by atoms with Gasteiger partial charge in [0.2, 0.25) is 0 Å². The lowest BCUT2D eigenvalue weighted by Crippen LogP contribution is -2.40. The van der Waals surface area contributed by atoms with Crippen molar-refractivity contribution < 1.29 is 10.0 Å². The molecule has 0 aromatic carbocycles. The molecule has 0 atom stereocenters. The van der Waals surface area contributed by atoms with Crippen LogP contribution in [0.4, 0.5) is 11.5 Å². The molecule has 6 nitrogen and oxygen atoms in total. The fraction of sp³-hybridized carbons (Fsp3) is 0.583. The zero-order chi connectivity index (χ0) is 13.2. The van der Waals surface area contributed by atoms with Crippen molar-refractivity contribution in [3.05, 3.63) is 28.4 Å². The van der Waals surface area contributed by atoms with Gasteiger partial charge in [0.25, 0.3) is 0 Å². The van der Waals surface area contributed by atoms with Crippen LogP contribution in [0.1, 0.15) is 19.8 Å². The molecule has 1 aromatic heterocycles. The summed E-state index contributed by atoms with van der Waals surface area (Å²) < 4.78 is 0. The van der Waals surface area contributed by atoms with Gasteiger partial charge >= 0.3 is 5.82 Å². The maximum Gasteiger partial charge on any atom is 0.363 e. The number of anilines is 1. The van der Waals surface area contributed by atoms with E-state index in [1.807, 2.05) is 0 Å². The van der Waals surface area contributed by atoms with Gasteiger partial charge < -0.3 is 20.1 Å². The van der Waals surface area contributed by atoms with E-state index >= 15 is 0 Å². The van der Waals surface area contributed by atoms with Crippen LogP contribution in [-0.4, -0.2) is 34.7 Å². The Hall–Kier alpha value is -1.69. The molecule has 2 rings (SSSR count). The zero-order valence-corrected chi connectivity index (χ0v) is 10.4. The van der Waals surface area contributed by atoms with Crippen molar-refractivity contribution in [1.29, 1.82) is 0 Å². The van der Waals surface area contributed by atoms with Crippen LogP contribution in [0.2, 0.25) is 0 Å². The Morgan fingerprint density at radius 1 is 1.50 bits per heavy atom. The number of aliphatic hydroxyl groups is 1. The molecule has 0 amide bonds. The fourth-order valence-corrected chi connectivity index (χ4v) is 2.14. The second kappa shape index (κ2) is 4.89. The van der Waals surface area contributed by atoms with Crippen molar-refractivity contribution >= 4 is 11.5 Å². The SMILES string of the molecule is CC1(CO)CCN(c2ccc([N+](=O)[O-])nc2)CC1. The molecule has 1 N–H and O–H groups in total. The highest BCUT2D eigenvalue weighted by atomic mass is 16.6. The van der Waals surface area contributed by atoms with E-state index in [0.717, 1.165) is 31.6 Å². The van der Waals surface area contributed by atoms with Gasteiger partial charge in [0.15, 0.2) is 6.20 Å². The molecule has 0 saturated carbocycles. The number of hydrogen-bond acceptors (Lipinski definition) is 5. The quantitative estimate of drug-likeness (QED) is 0.651. The number of nitrogens with zero attached hydrogens (tertiary/aromatic N) is 3. The number of aliphatic hydroxyl groups excluding tert-OH is 1. The Labute approximate surface area is 105 Å². The monoisotopic (exact) mass is 251 g/mol. The zero-order valence-electron chi connectivity index (χ0n) is 10.4. The van der Waals surface area contributed by atoms with E-state index in [4.69, 9.17) is 0 Å². The molecule has 2 heterocycles. The fourth-order valence-electron chi connectivity index (χ4n) is 2.14. The summed E-state index contributed by atoms with van der Waals surface area (Å²) in [6.45, 7) is 3.98. The normalized spacial score (nSPS) is 18.7. The number of hydrogen-bond donors (Lipinski definition) is 1. The minimum atomic E-state index is -0.497. The third-order valence-corrected chi connectivity index (χ3v) is 3.64. The van der Waals surface area contributed by atoms with Gasteiger partial charge in [-0.05, 0) is 34.2 Å². The topological polar surface area (TPSA) is 79.5 Å². The van der Waals surface area contributed by atoms with Gasteiger partial charge in [0.1, 0.15) is 0 Å². The van der Waals surface area contributed by atoms with Crippen LogP contribution in [0, 0.1) is 15.5 Å². The minimum absolute atomic E-state index is 0.00467. The molecule has 1 aliphatic heterocycles. The Balaban J connectivity index is 2.03. The van der Waals surface area contributed by atoms with Gasteiger partial charge in [0, 0.05) is 25.8 Å². The summed E-state index contributed by atoms with van der Waals surface area (Å²) in [4.78, 5) is 16.0. The number of nitro groups is 1. The first-order valence-electron chi connectivity index (χ1n) is 6.00. The molecule has 0 radical (unpaired) electrons. The van der Waals surface area contributed by atoms with Gasteiger partial charge in [-0.2, -0.15) is 0 Å². The van der Waals surface area contributed by atoms with E-state index in [1.165, 1.54) is 6.07 Å². The van der Waals surface area contributed by atoms with E-state index in [-0.39, 0.29) is 17.8 Å². The molecular formula is C12H17N3O3. The molecule has 18 heavy (non-hydrogen) atoms. The highest BCUT2D eigenvalue weighted by Crippen LogP contribution is 2.32. The largest absolute Gasteiger partial charge is 0.396 e. The molecule has 1 saturated heterocycles. The van der Waals surface area contributed by atoms with E-state index in [2.05, 4.69) is 16.8 Å². The first-order valence-corrected chi connectivity index (χ1v) is 6.00. The lowest BCUT2D eigenvalue weighted by atomic mass is 9.81. The van der Waals surface area contributed by atoms with Crippen LogP contribution in [0.15, 0.2) is 18.3 Å². The van der Waals surface area contributed by atoms with Crippen LogP contribution < -0.4 is 4.90 Å². The molecule has 0 bridgehead atoms. The number of piperidine rings is 1. The molecule has 0 spiro atoms. The van der Waals surface area contributed by atoms with Crippen molar-refractivity contribution in [2.45, 2.75) is 19.8 Å². The highest BCUT2D eigenvalue weighted by Gasteiger charge is 2.29. The van der Waals surface area contributed by atoms with Crippen molar-refractivity contribution in [3.8, 4) is 0 Å². The van der Waals surface area contributed by atoms with Crippen molar-refractivity contribution in [2.24, 2.45) is 5.41 Å². The van der Waals surface area contributed by atoms with Crippen LogP contribution in [0.3, 0.4) is 0 Å². The summed E-state index contributed by atoms with van der Waals surface area (Å²) in [5.41, 5.74) is 0.908. The summed E-state index contributed by atoms with van der Waals surface area (Å²) in [6, 6.07) is 3.15. The Bertz CT molecular complexity index is 425. The molecule has 1 aromatic rings. The summed E-state index contributed by atoms with van der Waals surface area (Å²) >= 11 is 0. The van der Waals surface area contributed by atoms with E-state index in [1.54, 1.807) is 12.3 Å². The van der Waals surface area contributed by atoms with E-state index < -0.39 is 4.92 Å². The number of pyridine rings is 1. The lowest BCUT2D eigenvalue weighted by molar-refractivity contribution is -0.389. The van der Waals surface area contributed by atoms with Gasteiger partial charge in [-0.25, -0.2) is 0 Å². The summed E-state index contributed by atoms with van der Waals surface area (Å²) in [5, 5.41) is 19.8. The van der Waals surface area contributed by atoms with E-state index in [9.17, 15) is 15.2 Å². The van der Waals surface area contributed by atoms with E-state index in [0.29, 0.717) is 0 Å². The Morgan fingerprint density at radius 2 is 2.17 bits per heavy atom. The van der Waals surface area contributed by atoms with Gasteiger partial charge in [-0.15, -0.1) is 0 Å². The standard InChI is InChI=1S/C12H17N3O3/c1-12(9-16)4-6-14(7-5-12)10-2-3-11(13-8-10)15(17)18/h2-3,8,16H,4-7,9H2,1H3. The van der Waals surface area contributed by atoms with Crippen LogP contribution >= 0.6 is 0 Å². The highest BCUT2D eigenvalue weighted by molar-refractivity contribution is 5.46. The average molecular weight is 251 g/mol. The average Bonchev–Trinajstić information content (AvgIpc) is 2.40.